The Kier molecular flexibility index (Phi) is 2.93. The Morgan fingerprint density at radius 3 is 2.53 bits per heavy atom. The highest BCUT2D eigenvalue weighted by Crippen LogP contribution is 2.28. The fraction of sp³-hybridized carbons (Fsp3) is 0.100. The number of hydrogen-bond acceptors (Lipinski definition) is 2. The van der Waals surface area contributed by atoms with E-state index in [4.69, 9.17) is 23.2 Å². The Balaban J connectivity index is 2.34. The summed E-state index contributed by atoms with van der Waals surface area (Å²) < 4.78 is 12.7. The van der Waals surface area contributed by atoms with Gasteiger partial charge in [0.2, 0.25) is 5.62 Å². The van der Waals surface area contributed by atoms with E-state index >= 15 is 0 Å². The molecule has 1 aromatic carbocycles. The SMILES string of the molecule is Fc1ccc(N2C(Cl)=CC=NC2Cl)cc1. The highest BCUT2D eigenvalue weighted by atomic mass is 35.5. The molecule has 0 fully saturated rings. The number of hydrogen-bond donors (Lipinski definition) is 0. The Morgan fingerprint density at radius 1 is 1.27 bits per heavy atom. The van der Waals surface area contributed by atoms with Crippen molar-refractivity contribution in [3.05, 3.63) is 41.3 Å². The van der Waals surface area contributed by atoms with Gasteiger partial charge in [-0.2, -0.15) is 0 Å². The van der Waals surface area contributed by atoms with Crippen LogP contribution in [-0.4, -0.2) is 11.8 Å². The second-order valence-corrected chi connectivity index (χ2v) is 3.72. The molecule has 1 unspecified atom stereocenters. The van der Waals surface area contributed by atoms with Crippen molar-refractivity contribution in [3.63, 3.8) is 0 Å². The number of anilines is 1. The van der Waals surface area contributed by atoms with Crippen molar-refractivity contribution in [3.8, 4) is 0 Å². The number of halogens is 3. The minimum Gasteiger partial charge on any atom is -0.296 e. The second-order valence-electron chi connectivity index (χ2n) is 2.94. The van der Waals surface area contributed by atoms with Gasteiger partial charge in [0.05, 0.1) is 0 Å². The molecule has 1 aliphatic rings. The largest absolute Gasteiger partial charge is 0.296 e. The van der Waals surface area contributed by atoms with E-state index in [0.717, 1.165) is 0 Å². The van der Waals surface area contributed by atoms with Gasteiger partial charge in [-0.15, -0.1) is 0 Å². The van der Waals surface area contributed by atoms with E-state index in [1.807, 2.05) is 0 Å². The maximum Gasteiger partial charge on any atom is 0.202 e. The molecule has 5 heteroatoms. The Labute approximate surface area is 96.6 Å². The molecule has 2 nitrogen and oxygen atoms in total. The highest BCUT2D eigenvalue weighted by Gasteiger charge is 2.20. The van der Waals surface area contributed by atoms with Gasteiger partial charge >= 0.3 is 0 Å². The molecule has 0 saturated heterocycles. The predicted octanol–water partition coefficient (Wildman–Crippen LogP) is 3.32. The van der Waals surface area contributed by atoms with E-state index in [2.05, 4.69) is 4.99 Å². The molecule has 1 aromatic rings. The molecule has 0 bridgehead atoms. The first-order valence-electron chi connectivity index (χ1n) is 4.26. The van der Waals surface area contributed by atoms with E-state index in [1.165, 1.54) is 12.1 Å². The molecule has 15 heavy (non-hydrogen) atoms. The molecule has 0 radical (unpaired) electrons. The van der Waals surface area contributed by atoms with Crippen LogP contribution in [0.5, 0.6) is 0 Å². The molecule has 0 N–H and O–H groups in total. The lowest BCUT2D eigenvalue weighted by Crippen LogP contribution is -2.29. The van der Waals surface area contributed by atoms with Crippen molar-refractivity contribution < 1.29 is 4.39 Å². The van der Waals surface area contributed by atoms with Gasteiger partial charge in [-0.25, -0.2) is 4.39 Å². The lowest BCUT2D eigenvalue weighted by atomic mass is 10.3. The monoisotopic (exact) mass is 244 g/mol. The van der Waals surface area contributed by atoms with Gasteiger partial charge in [-0.1, -0.05) is 23.2 Å². The van der Waals surface area contributed by atoms with E-state index in [1.54, 1.807) is 29.3 Å². The first-order valence-corrected chi connectivity index (χ1v) is 5.08. The summed E-state index contributed by atoms with van der Waals surface area (Å²) >= 11 is 11.9. The van der Waals surface area contributed by atoms with Crippen LogP contribution in [0.15, 0.2) is 40.5 Å². The third-order valence-corrected chi connectivity index (χ3v) is 2.59. The van der Waals surface area contributed by atoms with Crippen molar-refractivity contribution in [1.82, 2.24) is 0 Å². The number of benzene rings is 1. The van der Waals surface area contributed by atoms with Crippen molar-refractivity contribution >= 4 is 35.1 Å². The summed E-state index contributed by atoms with van der Waals surface area (Å²) in [5.74, 6) is -0.300. The van der Waals surface area contributed by atoms with Crippen LogP contribution in [0.4, 0.5) is 10.1 Å². The van der Waals surface area contributed by atoms with Gasteiger partial charge in [0.1, 0.15) is 11.0 Å². The zero-order chi connectivity index (χ0) is 10.8. The zero-order valence-corrected chi connectivity index (χ0v) is 9.08. The maximum absolute atomic E-state index is 12.7. The van der Waals surface area contributed by atoms with E-state index in [-0.39, 0.29) is 5.82 Å². The second kappa shape index (κ2) is 4.21. The summed E-state index contributed by atoms with van der Waals surface area (Å²) in [5.41, 5.74) is 0.113. The van der Waals surface area contributed by atoms with Gasteiger partial charge in [-0.3, -0.25) is 9.89 Å². The lowest BCUT2D eigenvalue weighted by molar-refractivity contribution is 0.627. The molecule has 0 spiro atoms. The van der Waals surface area contributed by atoms with Crippen molar-refractivity contribution in [1.29, 1.82) is 0 Å². The van der Waals surface area contributed by atoms with Crippen molar-refractivity contribution in [2.24, 2.45) is 4.99 Å². The van der Waals surface area contributed by atoms with E-state index in [0.29, 0.717) is 10.8 Å². The fourth-order valence-electron chi connectivity index (χ4n) is 1.27. The summed E-state index contributed by atoms with van der Waals surface area (Å²) in [6.07, 6.45) is 3.17. The first-order chi connectivity index (χ1) is 7.18. The van der Waals surface area contributed by atoms with Crippen LogP contribution in [-0.2, 0) is 0 Å². The molecule has 0 saturated carbocycles. The molecule has 1 aliphatic heterocycles. The number of rotatable bonds is 1. The normalized spacial score (nSPS) is 20.3. The van der Waals surface area contributed by atoms with Crippen LogP contribution in [0.2, 0.25) is 0 Å². The van der Waals surface area contributed by atoms with Gasteiger partial charge < -0.3 is 0 Å². The molecular formula is C10H7Cl2FN2. The summed E-state index contributed by atoms with van der Waals surface area (Å²) in [4.78, 5) is 5.57. The molecular weight excluding hydrogens is 238 g/mol. The van der Waals surface area contributed by atoms with Crippen LogP contribution in [0.1, 0.15) is 0 Å². The number of aliphatic imine (C=N–C) groups is 1. The average molecular weight is 245 g/mol. The van der Waals surface area contributed by atoms with Crippen LogP contribution in [0.25, 0.3) is 0 Å². The van der Waals surface area contributed by atoms with Gasteiger partial charge in [-0.05, 0) is 30.3 Å². The fourth-order valence-corrected chi connectivity index (χ4v) is 1.85. The van der Waals surface area contributed by atoms with Gasteiger partial charge in [0.25, 0.3) is 0 Å². The molecule has 0 amide bonds. The van der Waals surface area contributed by atoms with Gasteiger partial charge in [0, 0.05) is 11.9 Å². The Hall–Kier alpha value is -1.06. The quantitative estimate of drug-likeness (QED) is 0.547. The number of nitrogens with zero attached hydrogens (tertiary/aromatic N) is 2. The summed E-state index contributed by atoms with van der Waals surface area (Å²) in [6, 6.07) is 5.90. The molecule has 1 heterocycles. The highest BCUT2D eigenvalue weighted by molar-refractivity contribution is 6.34. The Bertz CT molecular complexity index is 414. The maximum atomic E-state index is 12.7. The molecule has 2 rings (SSSR count). The molecule has 1 atom stereocenters. The average Bonchev–Trinajstić information content (AvgIpc) is 2.20. The third-order valence-electron chi connectivity index (χ3n) is 1.97. The summed E-state index contributed by atoms with van der Waals surface area (Å²) in [6.45, 7) is 0. The van der Waals surface area contributed by atoms with E-state index in [9.17, 15) is 4.39 Å². The van der Waals surface area contributed by atoms with Crippen LogP contribution in [0, 0.1) is 5.82 Å². The predicted molar refractivity (Wildman–Crippen MR) is 60.9 cm³/mol. The summed E-state index contributed by atoms with van der Waals surface area (Å²) in [5, 5.41) is 0.455. The lowest BCUT2D eigenvalue weighted by Gasteiger charge is -2.27. The zero-order valence-electron chi connectivity index (χ0n) is 7.57. The first kappa shape index (κ1) is 10.5. The van der Waals surface area contributed by atoms with Crippen molar-refractivity contribution in [2.45, 2.75) is 5.62 Å². The van der Waals surface area contributed by atoms with Gasteiger partial charge in [0.15, 0.2) is 0 Å². The van der Waals surface area contributed by atoms with Crippen LogP contribution < -0.4 is 4.90 Å². The molecule has 78 valence electrons. The minimum absolute atomic E-state index is 0.300. The topological polar surface area (TPSA) is 15.6 Å². The smallest absolute Gasteiger partial charge is 0.202 e. The number of allylic oxidation sites excluding steroid dienone is 1. The Morgan fingerprint density at radius 2 is 1.93 bits per heavy atom. The standard InChI is InChI=1S/C10H7Cl2FN2/c11-9-5-6-14-10(12)15(9)8-3-1-7(13)2-4-8/h1-6,10H. The molecule has 0 aliphatic carbocycles. The molecule has 0 aromatic heterocycles. The van der Waals surface area contributed by atoms with Crippen molar-refractivity contribution in [2.75, 3.05) is 4.90 Å². The summed E-state index contributed by atoms with van der Waals surface area (Å²) in [7, 11) is 0. The van der Waals surface area contributed by atoms with Crippen LogP contribution in [0.3, 0.4) is 0 Å². The number of alkyl halides is 1. The third kappa shape index (κ3) is 2.13. The minimum atomic E-state index is -0.590. The van der Waals surface area contributed by atoms with E-state index < -0.39 is 5.62 Å². The van der Waals surface area contributed by atoms with Crippen LogP contribution >= 0.6 is 23.2 Å².